The molecule has 0 spiro atoms. The molecule has 0 aliphatic carbocycles. The zero-order chi connectivity index (χ0) is 33.9. The van der Waals surface area contributed by atoms with Crippen LogP contribution in [0.5, 0.6) is 0 Å². The average molecular weight is 650 g/mol. The molecule has 0 aromatic carbocycles. The van der Waals surface area contributed by atoms with E-state index in [1.807, 2.05) is 20.2 Å². The van der Waals surface area contributed by atoms with Gasteiger partial charge in [-0.25, -0.2) is 4.79 Å². The van der Waals surface area contributed by atoms with Crippen LogP contribution in [-0.4, -0.2) is 49.7 Å². The molecule has 46 heavy (non-hydrogen) atoms. The Bertz CT molecular complexity index is 676. The number of allylic oxidation sites excluding steroid dienone is 1. The van der Waals surface area contributed by atoms with E-state index < -0.39 is 0 Å². The maximum Gasteiger partial charge on any atom is 0.330 e. The number of esters is 2. The van der Waals surface area contributed by atoms with Crippen LogP contribution < -0.4 is 0 Å². The van der Waals surface area contributed by atoms with Crippen LogP contribution in [0.25, 0.3) is 0 Å². The summed E-state index contributed by atoms with van der Waals surface area (Å²) in [6.45, 7) is 7.68. The molecule has 0 aliphatic heterocycles. The Labute approximate surface area is 287 Å². The highest BCUT2D eigenvalue weighted by atomic mass is 16.5. The molecule has 0 bridgehead atoms. The largest absolute Gasteiger partial charge is 0.462 e. The standard InChI is InChI=1S/C41H79NO4/c1-6-9-12-15-18-22-27-33-39(46-41(44)36-30-37-42(4)5)34-28-23-19-24-29-35-40(43)45-38(31-25-20-16-13-10-7-2)32-26-21-17-14-11-8-3/h29,35,38-39H,6-28,30-34,36-37H2,1-5H3. The summed E-state index contributed by atoms with van der Waals surface area (Å²) in [5.41, 5.74) is 0. The Kier molecular flexibility index (Phi) is 33.9. The summed E-state index contributed by atoms with van der Waals surface area (Å²) in [7, 11) is 4.08. The summed E-state index contributed by atoms with van der Waals surface area (Å²) < 4.78 is 11.9. The zero-order valence-electron chi connectivity index (χ0n) is 31.6. The number of hydrogen-bond acceptors (Lipinski definition) is 5. The van der Waals surface area contributed by atoms with Crippen LogP contribution in [0.1, 0.15) is 207 Å². The van der Waals surface area contributed by atoms with Crippen molar-refractivity contribution in [2.75, 3.05) is 20.6 Å². The molecule has 0 rings (SSSR count). The Balaban J connectivity index is 4.48. The number of carbonyl (C=O) groups excluding carboxylic acids is 2. The van der Waals surface area contributed by atoms with Gasteiger partial charge < -0.3 is 14.4 Å². The summed E-state index contributed by atoms with van der Waals surface area (Å²) in [5.74, 6) is -0.208. The molecule has 0 aromatic rings. The lowest BCUT2D eigenvalue weighted by Gasteiger charge is -2.18. The fraction of sp³-hybridized carbons (Fsp3) is 0.902. The third-order valence-corrected chi connectivity index (χ3v) is 9.11. The molecule has 5 nitrogen and oxygen atoms in total. The average Bonchev–Trinajstić information content (AvgIpc) is 3.02. The molecule has 1 unspecified atom stereocenters. The fourth-order valence-electron chi connectivity index (χ4n) is 6.14. The first-order chi connectivity index (χ1) is 22.4. The maximum absolute atomic E-state index is 12.6. The highest BCUT2D eigenvalue weighted by Gasteiger charge is 2.15. The highest BCUT2D eigenvalue weighted by Crippen LogP contribution is 2.19. The van der Waals surface area contributed by atoms with Gasteiger partial charge in [-0.3, -0.25) is 4.79 Å². The summed E-state index contributed by atoms with van der Waals surface area (Å²) >= 11 is 0. The number of carbonyl (C=O) groups is 2. The molecule has 0 saturated heterocycles. The Morgan fingerprint density at radius 3 is 1.35 bits per heavy atom. The van der Waals surface area contributed by atoms with E-state index in [0.29, 0.717) is 6.42 Å². The van der Waals surface area contributed by atoms with Crippen LogP contribution in [-0.2, 0) is 19.1 Å². The first-order valence-electron chi connectivity index (χ1n) is 20.1. The lowest BCUT2D eigenvalue weighted by atomic mass is 10.0. The lowest BCUT2D eigenvalue weighted by Crippen LogP contribution is -2.20. The van der Waals surface area contributed by atoms with Gasteiger partial charge >= 0.3 is 11.9 Å². The molecule has 0 saturated carbocycles. The molecular weight excluding hydrogens is 570 g/mol. The van der Waals surface area contributed by atoms with E-state index >= 15 is 0 Å². The number of nitrogens with zero attached hydrogens (tertiary/aromatic N) is 1. The SMILES string of the molecule is CCCCCCCCCC(CCCCCC=CC(=O)OC(CCCCCCCC)CCCCCCCC)OC(=O)CCCN(C)C. The van der Waals surface area contributed by atoms with Crippen molar-refractivity contribution >= 4 is 11.9 Å². The third kappa shape index (κ3) is 32.6. The molecule has 5 heteroatoms. The van der Waals surface area contributed by atoms with Gasteiger partial charge in [0.25, 0.3) is 0 Å². The van der Waals surface area contributed by atoms with Crippen LogP contribution in [0.2, 0.25) is 0 Å². The van der Waals surface area contributed by atoms with Gasteiger partial charge in [0.2, 0.25) is 0 Å². The molecule has 0 aromatic heterocycles. The van der Waals surface area contributed by atoms with Crippen molar-refractivity contribution < 1.29 is 19.1 Å². The van der Waals surface area contributed by atoms with Gasteiger partial charge in [-0.05, 0) is 91.3 Å². The van der Waals surface area contributed by atoms with Crippen molar-refractivity contribution in [2.24, 2.45) is 0 Å². The minimum absolute atomic E-state index is 0.0393. The monoisotopic (exact) mass is 650 g/mol. The van der Waals surface area contributed by atoms with Crippen molar-refractivity contribution in [3.63, 3.8) is 0 Å². The zero-order valence-corrected chi connectivity index (χ0v) is 31.6. The Morgan fingerprint density at radius 1 is 0.522 bits per heavy atom. The van der Waals surface area contributed by atoms with Crippen LogP contribution in [0.15, 0.2) is 12.2 Å². The van der Waals surface area contributed by atoms with E-state index in [2.05, 4.69) is 25.7 Å². The fourth-order valence-corrected chi connectivity index (χ4v) is 6.14. The lowest BCUT2D eigenvalue weighted by molar-refractivity contribution is -0.150. The summed E-state index contributed by atoms with van der Waals surface area (Å²) in [4.78, 5) is 27.2. The molecule has 0 radical (unpaired) electrons. The molecule has 1 atom stereocenters. The topological polar surface area (TPSA) is 55.8 Å². The number of rotatable bonds is 35. The summed E-state index contributed by atoms with van der Waals surface area (Å²) in [5, 5.41) is 0. The van der Waals surface area contributed by atoms with E-state index in [4.69, 9.17) is 9.47 Å². The smallest absolute Gasteiger partial charge is 0.330 e. The number of ether oxygens (including phenoxy) is 2. The van der Waals surface area contributed by atoms with Crippen LogP contribution in [0.4, 0.5) is 0 Å². The number of unbranched alkanes of at least 4 members (excludes halogenated alkanes) is 19. The van der Waals surface area contributed by atoms with Crippen molar-refractivity contribution in [3.05, 3.63) is 12.2 Å². The van der Waals surface area contributed by atoms with Gasteiger partial charge in [0, 0.05) is 12.5 Å². The van der Waals surface area contributed by atoms with Gasteiger partial charge in [0.15, 0.2) is 0 Å². The Morgan fingerprint density at radius 2 is 0.913 bits per heavy atom. The van der Waals surface area contributed by atoms with Crippen molar-refractivity contribution in [1.82, 2.24) is 4.90 Å². The van der Waals surface area contributed by atoms with Crippen LogP contribution in [0, 0.1) is 0 Å². The minimum Gasteiger partial charge on any atom is -0.462 e. The van der Waals surface area contributed by atoms with E-state index in [-0.39, 0.29) is 24.1 Å². The second kappa shape index (κ2) is 35.0. The molecule has 0 N–H and O–H groups in total. The van der Waals surface area contributed by atoms with E-state index in [1.54, 1.807) is 6.08 Å². The molecule has 0 amide bonds. The van der Waals surface area contributed by atoms with Crippen LogP contribution >= 0.6 is 0 Å². The van der Waals surface area contributed by atoms with Gasteiger partial charge in [0.05, 0.1) is 0 Å². The molecule has 272 valence electrons. The van der Waals surface area contributed by atoms with Gasteiger partial charge in [0.1, 0.15) is 12.2 Å². The van der Waals surface area contributed by atoms with E-state index in [0.717, 1.165) is 83.6 Å². The van der Waals surface area contributed by atoms with Crippen molar-refractivity contribution in [3.8, 4) is 0 Å². The second-order valence-electron chi connectivity index (χ2n) is 14.1. The Hall–Kier alpha value is -1.36. The summed E-state index contributed by atoms with van der Waals surface area (Å²) in [6.07, 6.45) is 37.3. The predicted octanol–water partition coefficient (Wildman–Crippen LogP) is 12.3. The van der Waals surface area contributed by atoms with E-state index in [9.17, 15) is 9.59 Å². The molecule has 0 aliphatic rings. The van der Waals surface area contributed by atoms with Crippen molar-refractivity contribution in [2.45, 2.75) is 219 Å². The quantitative estimate of drug-likeness (QED) is 0.0388. The van der Waals surface area contributed by atoms with Crippen molar-refractivity contribution in [1.29, 1.82) is 0 Å². The van der Waals surface area contributed by atoms with Gasteiger partial charge in [-0.1, -0.05) is 136 Å². The second-order valence-corrected chi connectivity index (χ2v) is 14.1. The number of hydrogen-bond donors (Lipinski definition) is 0. The normalized spacial score (nSPS) is 12.4. The first kappa shape index (κ1) is 44.6. The highest BCUT2D eigenvalue weighted by molar-refractivity contribution is 5.82. The predicted molar refractivity (Wildman–Crippen MR) is 198 cm³/mol. The van der Waals surface area contributed by atoms with Crippen LogP contribution in [0.3, 0.4) is 0 Å². The maximum atomic E-state index is 12.6. The van der Waals surface area contributed by atoms with Gasteiger partial charge in [-0.15, -0.1) is 0 Å². The van der Waals surface area contributed by atoms with Gasteiger partial charge in [-0.2, -0.15) is 0 Å². The third-order valence-electron chi connectivity index (χ3n) is 9.11. The molecular formula is C41H79NO4. The molecule has 0 heterocycles. The summed E-state index contributed by atoms with van der Waals surface area (Å²) in [6, 6.07) is 0. The first-order valence-corrected chi connectivity index (χ1v) is 20.1. The molecule has 0 fully saturated rings. The van der Waals surface area contributed by atoms with E-state index in [1.165, 1.54) is 103 Å². The minimum atomic E-state index is -0.169.